The van der Waals surface area contributed by atoms with Gasteiger partial charge in [0.25, 0.3) is 0 Å². The normalized spacial score (nSPS) is 19.9. The van der Waals surface area contributed by atoms with Gasteiger partial charge in [-0.15, -0.1) is 0 Å². The van der Waals surface area contributed by atoms with Crippen molar-refractivity contribution in [1.82, 2.24) is 16.0 Å². The van der Waals surface area contributed by atoms with Gasteiger partial charge in [0.15, 0.2) is 9.84 Å². The summed E-state index contributed by atoms with van der Waals surface area (Å²) in [4.78, 5) is 23.0. The minimum atomic E-state index is -3.04. The maximum Gasteiger partial charge on any atom is 0.315 e. The molecule has 0 bridgehead atoms. The van der Waals surface area contributed by atoms with Crippen molar-refractivity contribution in [1.29, 1.82) is 0 Å². The molecule has 1 saturated heterocycles. The van der Waals surface area contributed by atoms with Crippen LogP contribution in [-0.4, -0.2) is 44.4 Å². The van der Waals surface area contributed by atoms with Crippen molar-refractivity contribution in [3.05, 3.63) is 24.2 Å². The maximum absolute atomic E-state index is 11.5. The Morgan fingerprint density at radius 1 is 1.33 bits per heavy atom. The van der Waals surface area contributed by atoms with Gasteiger partial charge in [-0.2, -0.15) is 0 Å². The van der Waals surface area contributed by atoms with Gasteiger partial charge in [0.2, 0.25) is 5.91 Å². The monoisotopic (exact) mass is 315 g/mol. The highest BCUT2D eigenvalue weighted by Crippen LogP contribution is 2.10. The van der Waals surface area contributed by atoms with E-state index in [9.17, 15) is 18.0 Å². The second-order valence-electron chi connectivity index (χ2n) is 4.78. The number of carbonyl (C=O) groups is 2. The molecule has 1 unspecified atom stereocenters. The summed E-state index contributed by atoms with van der Waals surface area (Å²) in [6, 6.07) is 2.50. The Balaban J connectivity index is 1.63. The van der Waals surface area contributed by atoms with Gasteiger partial charge < -0.3 is 20.4 Å². The molecule has 3 amide bonds. The average molecular weight is 315 g/mol. The number of nitrogens with one attached hydrogen (secondary N) is 3. The van der Waals surface area contributed by atoms with Crippen LogP contribution in [0.25, 0.3) is 0 Å². The lowest BCUT2D eigenvalue weighted by atomic mass is 10.3. The standard InChI is InChI=1S/C12H17N3O5S/c16-11(13-6-10-2-1-4-20-10)7-14-12(17)15-9-3-5-21(18,19)8-9/h1-2,4,9H,3,5-8H2,(H,13,16)(H2,14,15,17). The van der Waals surface area contributed by atoms with Gasteiger partial charge in [-0.05, 0) is 18.6 Å². The van der Waals surface area contributed by atoms with Crippen LogP contribution in [0.15, 0.2) is 22.8 Å². The predicted molar refractivity (Wildman–Crippen MR) is 74.1 cm³/mol. The van der Waals surface area contributed by atoms with E-state index in [-0.39, 0.29) is 36.5 Å². The van der Waals surface area contributed by atoms with Crippen LogP contribution in [0.5, 0.6) is 0 Å². The summed E-state index contributed by atoms with van der Waals surface area (Å²) in [6.07, 6.45) is 1.91. The number of sulfone groups is 1. The largest absolute Gasteiger partial charge is 0.467 e. The summed E-state index contributed by atoms with van der Waals surface area (Å²) < 4.78 is 27.5. The molecule has 3 N–H and O–H groups in total. The number of furan rings is 1. The van der Waals surface area contributed by atoms with Gasteiger partial charge in [-0.3, -0.25) is 4.79 Å². The number of amides is 3. The van der Waals surface area contributed by atoms with E-state index in [2.05, 4.69) is 16.0 Å². The number of urea groups is 1. The first-order chi connectivity index (χ1) is 9.94. The molecule has 8 nitrogen and oxygen atoms in total. The Labute approximate surface area is 122 Å². The quantitative estimate of drug-likeness (QED) is 0.669. The molecule has 0 spiro atoms. The van der Waals surface area contributed by atoms with Crippen LogP contribution in [0.2, 0.25) is 0 Å². The number of rotatable bonds is 5. The van der Waals surface area contributed by atoms with E-state index in [0.29, 0.717) is 12.2 Å². The van der Waals surface area contributed by atoms with Gasteiger partial charge in [0.1, 0.15) is 5.76 Å². The lowest BCUT2D eigenvalue weighted by Gasteiger charge is -2.11. The summed E-state index contributed by atoms with van der Waals surface area (Å²) in [7, 11) is -3.04. The van der Waals surface area contributed by atoms with E-state index >= 15 is 0 Å². The van der Waals surface area contributed by atoms with Crippen molar-refractivity contribution in [2.75, 3.05) is 18.1 Å². The predicted octanol–water partition coefficient (Wildman–Crippen LogP) is -0.618. The molecule has 1 atom stereocenters. The lowest BCUT2D eigenvalue weighted by Crippen LogP contribution is -2.46. The first kappa shape index (κ1) is 15.4. The second kappa shape index (κ2) is 6.61. The Kier molecular flexibility index (Phi) is 4.84. The summed E-state index contributed by atoms with van der Waals surface area (Å²) in [6.45, 7) is 0.0576. The number of hydrogen-bond acceptors (Lipinski definition) is 5. The molecule has 9 heteroatoms. The number of carbonyl (C=O) groups excluding carboxylic acids is 2. The minimum Gasteiger partial charge on any atom is -0.467 e. The smallest absolute Gasteiger partial charge is 0.315 e. The van der Waals surface area contributed by atoms with Gasteiger partial charge >= 0.3 is 6.03 Å². The van der Waals surface area contributed by atoms with E-state index in [4.69, 9.17) is 4.42 Å². The first-order valence-electron chi connectivity index (χ1n) is 6.48. The average Bonchev–Trinajstić information content (AvgIpc) is 3.03. The third kappa shape index (κ3) is 5.10. The van der Waals surface area contributed by atoms with Crippen molar-refractivity contribution in [2.24, 2.45) is 0 Å². The molecule has 21 heavy (non-hydrogen) atoms. The van der Waals surface area contributed by atoms with Crippen LogP contribution in [0, 0.1) is 0 Å². The zero-order valence-corrected chi connectivity index (χ0v) is 12.1. The van der Waals surface area contributed by atoms with Gasteiger partial charge in [0.05, 0.1) is 30.9 Å². The van der Waals surface area contributed by atoms with Gasteiger partial charge in [-0.25, -0.2) is 13.2 Å². The van der Waals surface area contributed by atoms with Gasteiger partial charge in [-0.1, -0.05) is 0 Å². The third-order valence-electron chi connectivity index (χ3n) is 3.02. The van der Waals surface area contributed by atoms with Crippen LogP contribution >= 0.6 is 0 Å². The van der Waals surface area contributed by atoms with Crippen molar-refractivity contribution in [2.45, 2.75) is 19.0 Å². The van der Waals surface area contributed by atoms with Crippen LogP contribution in [-0.2, 0) is 21.2 Å². The fourth-order valence-electron chi connectivity index (χ4n) is 1.97. The van der Waals surface area contributed by atoms with Crippen LogP contribution in [0.4, 0.5) is 4.79 Å². The Bertz CT molecular complexity index is 596. The zero-order valence-electron chi connectivity index (χ0n) is 11.3. The number of hydrogen-bond donors (Lipinski definition) is 3. The van der Waals surface area contributed by atoms with Crippen molar-refractivity contribution in [3.8, 4) is 0 Å². The van der Waals surface area contributed by atoms with E-state index in [0.717, 1.165) is 0 Å². The lowest BCUT2D eigenvalue weighted by molar-refractivity contribution is -0.120. The van der Waals surface area contributed by atoms with E-state index in [1.165, 1.54) is 6.26 Å². The SMILES string of the molecule is O=C(CNC(=O)NC1CCS(=O)(=O)C1)NCc1ccco1. The Hall–Kier alpha value is -2.03. The fraction of sp³-hybridized carbons (Fsp3) is 0.500. The van der Waals surface area contributed by atoms with Crippen molar-refractivity contribution < 1.29 is 22.4 Å². The zero-order chi connectivity index (χ0) is 15.3. The summed E-state index contributed by atoms with van der Waals surface area (Å²) in [5.74, 6) is 0.289. The molecule has 2 heterocycles. The van der Waals surface area contributed by atoms with E-state index in [1.807, 2.05) is 0 Å². The third-order valence-corrected chi connectivity index (χ3v) is 4.78. The molecule has 116 valence electrons. The van der Waals surface area contributed by atoms with E-state index in [1.54, 1.807) is 12.1 Å². The molecule has 0 aliphatic carbocycles. The summed E-state index contributed by atoms with van der Waals surface area (Å²) in [5.41, 5.74) is 0. The van der Waals surface area contributed by atoms with Crippen LogP contribution in [0.1, 0.15) is 12.2 Å². The highest BCUT2D eigenvalue weighted by molar-refractivity contribution is 7.91. The minimum absolute atomic E-state index is 0.0505. The van der Waals surface area contributed by atoms with Gasteiger partial charge in [0, 0.05) is 6.04 Å². The van der Waals surface area contributed by atoms with Crippen LogP contribution in [0.3, 0.4) is 0 Å². The van der Waals surface area contributed by atoms with Crippen molar-refractivity contribution in [3.63, 3.8) is 0 Å². The highest BCUT2D eigenvalue weighted by Gasteiger charge is 2.28. The second-order valence-corrected chi connectivity index (χ2v) is 7.01. The molecule has 1 aliphatic rings. The summed E-state index contributed by atoms with van der Waals surface area (Å²) >= 11 is 0. The topological polar surface area (TPSA) is 118 Å². The highest BCUT2D eigenvalue weighted by atomic mass is 32.2. The molecule has 0 aromatic carbocycles. The fourth-order valence-corrected chi connectivity index (χ4v) is 3.64. The van der Waals surface area contributed by atoms with Crippen LogP contribution < -0.4 is 16.0 Å². The van der Waals surface area contributed by atoms with E-state index < -0.39 is 15.9 Å². The summed E-state index contributed by atoms with van der Waals surface area (Å²) in [5, 5.41) is 7.49. The molecule has 0 radical (unpaired) electrons. The molecule has 1 aliphatic heterocycles. The molecule has 2 rings (SSSR count). The molecule has 1 fully saturated rings. The van der Waals surface area contributed by atoms with Crippen molar-refractivity contribution >= 4 is 21.8 Å². The Morgan fingerprint density at radius 2 is 2.14 bits per heavy atom. The maximum atomic E-state index is 11.5. The molecule has 0 saturated carbocycles. The molecular weight excluding hydrogens is 298 g/mol. The Morgan fingerprint density at radius 3 is 2.76 bits per heavy atom. The molecule has 1 aromatic heterocycles. The molecular formula is C12H17N3O5S. The molecule has 1 aromatic rings. The first-order valence-corrected chi connectivity index (χ1v) is 8.30.